The van der Waals surface area contributed by atoms with Crippen LogP contribution in [0.5, 0.6) is 0 Å². The van der Waals surface area contributed by atoms with Crippen LogP contribution in [0.2, 0.25) is 0 Å². The van der Waals surface area contributed by atoms with Crippen LogP contribution in [0.25, 0.3) is 0 Å². The second-order valence-electron chi connectivity index (χ2n) is 4.46. The zero-order chi connectivity index (χ0) is 13.0. The first-order valence-corrected chi connectivity index (χ1v) is 6.16. The van der Waals surface area contributed by atoms with Crippen LogP contribution < -0.4 is 10.2 Å². The number of amides is 1. The molecule has 0 aliphatic carbocycles. The Balaban J connectivity index is 1.97. The molecule has 0 radical (unpaired) electrons. The quantitative estimate of drug-likeness (QED) is 0.800. The number of hydrogen-bond acceptors (Lipinski definition) is 2. The number of carbonyl (C=O) groups excluding carboxylic acids is 1. The number of nitrogens with one attached hydrogen (secondary N) is 2. The van der Waals surface area contributed by atoms with Gasteiger partial charge in [-0.1, -0.05) is 12.1 Å². The number of anilines is 1. The van der Waals surface area contributed by atoms with Gasteiger partial charge < -0.3 is 15.0 Å². The highest BCUT2D eigenvalue weighted by atomic mass is 19.1. The van der Waals surface area contributed by atoms with Crippen molar-refractivity contribution in [2.75, 3.05) is 31.6 Å². The number of benzene rings is 1. The molecule has 5 heteroatoms. The fraction of sp³-hybridized carbons (Fsp3) is 0.462. The minimum Gasteiger partial charge on any atom is -0.370 e. The van der Waals surface area contributed by atoms with Gasteiger partial charge in [-0.2, -0.15) is 0 Å². The lowest BCUT2D eigenvalue weighted by Crippen LogP contribution is -3.18. The van der Waals surface area contributed by atoms with Crippen molar-refractivity contribution in [3.05, 3.63) is 30.1 Å². The van der Waals surface area contributed by atoms with Crippen molar-refractivity contribution in [3.63, 3.8) is 0 Å². The second kappa shape index (κ2) is 5.93. The fourth-order valence-electron chi connectivity index (χ4n) is 2.06. The molecule has 1 aliphatic rings. The van der Waals surface area contributed by atoms with Gasteiger partial charge in [0.2, 0.25) is 0 Å². The van der Waals surface area contributed by atoms with E-state index in [-0.39, 0.29) is 17.6 Å². The molecule has 1 amide bonds. The van der Waals surface area contributed by atoms with Crippen LogP contribution in [0, 0.1) is 5.82 Å². The Morgan fingerprint density at radius 1 is 1.39 bits per heavy atom. The molecule has 1 aromatic rings. The fourth-order valence-corrected chi connectivity index (χ4v) is 2.06. The minimum absolute atomic E-state index is 0.156. The van der Waals surface area contributed by atoms with Crippen LogP contribution in [0.1, 0.15) is 6.92 Å². The molecule has 1 aliphatic heterocycles. The zero-order valence-corrected chi connectivity index (χ0v) is 10.4. The second-order valence-corrected chi connectivity index (χ2v) is 4.46. The highest BCUT2D eigenvalue weighted by Gasteiger charge is 2.27. The van der Waals surface area contributed by atoms with E-state index in [1.165, 1.54) is 11.0 Å². The summed E-state index contributed by atoms with van der Waals surface area (Å²) < 4.78 is 18.7. The number of halogens is 1. The number of rotatable bonds is 3. The third kappa shape index (κ3) is 3.05. The topological polar surface area (TPSA) is 42.8 Å². The summed E-state index contributed by atoms with van der Waals surface area (Å²) in [6.07, 6.45) is 0. The number of quaternary nitrogens is 1. The van der Waals surface area contributed by atoms with Crippen molar-refractivity contribution < 1.29 is 18.8 Å². The summed E-state index contributed by atoms with van der Waals surface area (Å²) in [7, 11) is 0. The lowest BCUT2D eigenvalue weighted by molar-refractivity contribution is -0.921. The Bertz CT molecular complexity index is 419. The summed E-state index contributed by atoms with van der Waals surface area (Å²) in [5.41, 5.74) is 0.238. The molecule has 98 valence electrons. The predicted octanol–water partition coefficient (Wildman–Crippen LogP) is 0.0678. The number of carbonyl (C=O) groups is 1. The number of morpholine rings is 1. The Labute approximate surface area is 106 Å². The highest BCUT2D eigenvalue weighted by Crippen LogP contribution is 2.12. The zero-order valence-electron chi connectivity index (χ0n) is 10.4. The molecular weight excluding hydrogens is 235 g/mol. The van der Waals surface area contributed by atoms with E-state index in [9.17, 15) is 9.18 Å². The monoisotopic (exact) mass is 253 g/mol. The average molecular weight is 253 g/mol. The maximum atomic E-state index is 13.4. The molecule has 1 saturated heterocycles. The maximum Gasteiger partial charge on any atom is 0.282 e. The van der Waals surface area contributed by atoms with E-state index in [4.69, 9.17) is 4.74 Å². The van der Waals surface area contributed by atoms with Crippen molar-refractivity contribution >= 4 is 11.6 Å². The average Bonchev–Trinajstić information content (AvgIpc) is 2.41. The highest BCUT2D eigenvalue weighted by molar-refractivity contribution is 5.93. The summed E-state index contributed by atoms with van der Waals surface area (Å²) in [5.74, 6) is -0.563. The summed E-state index contributed by atoms with van der Waals surface area (Å²) in [4.78, 5) is 13.2. The summed E-state index contributed by atoms with van der Waals surface area (Å²) in [6.45, 7) is 4.83. The summed E-state index contributed by atoms with van der Waals surface area (Å²) in [6, 6.07) is 6.00. The van der Waals surface area contributed by atoms with Crippen LogP contribution >= 0.6 is 0 Å². The van der Waals surface area contributed by atoms with Crippen LogP contribution in [0.4, 0.5) is 10.1 Å². The van der Waals surface area contributed by atoms with Crippen LogP contribution in [-0.2, 0) is 9.53 Å². The molecule has 0 spiro atoms. The Morgan fingerprint density at radius 3 is 2.72 bits per heavy atom. The Hall–Kier alpha value is -1.46. The number of para-hydroxylation sites is 1. The molecule has 4 nitrogen and oxygen atoms in total. The Kier molecular flexibility index (Phi) is 4.28. The Morgan fingerprint density at radius 2 is 2.06 bits per heavy atom. The van der Waals surface area contributed by atoms with Crippen molar-refractivity contribution in [2.45, 2.75) is 13.0 Å². The lowest BCUT2D eigenvalue weighted by atomic mass is 10.2. The van der Waals surface area contributed by atoms with Gasteiger partial charge in [0.25, 0.3) is 5.91 Å². The first kappa shape index (κ1) is 13.0. The standard InChI is InChI=1S/C13H17FN2O2/c1-10(16-6-8-18-9-7-16)13(17)15-12-5-3-2-4-11(12)14/h2-5,10H,6-9H2,1H3,(H,15,17)/p+1/t10-/m0/s1. The maximum absolute atomic E-state index is 13.4. The number of hydrogen-bond donors (Lipinski definition) is 2. The van der Waals surface area contributed by atoms with E-state index in [1.807, 2.05) is 6.92 Å². The number of ether oxygens (including phenoxy) is 1. The smallest absolute Gasteiger partial charge is 0.282 e. The molecule has 1 fully saturated rings. The molecular formula is C13H18FN2O2+. The van der Waals surface area contributed by atoms with E-state index in [0.29, 0.717) is 13.2 Å². The molecule has 0 saturated carbocycles. The van der Waals surface area contributed by atoms with E-state index in [1.54, 1.807) is 18.2 Å². The van der Waals surface area contributed by atoms with Crippen molar-refractivity contribution in [1.82, 2.24) is 0 Å². The third-order valence-corrected chi connectivity index (χ3v) is 3.27. The molecule has 0 aromatic heterocycles. The van der Waals surface area contributed by atoms with Gasteiger partial charge in [-0.3, -0.25) is 4.79 Å². The van der Waals surface area contributed by atoms with Gasteiger partial charge in [0.05, 0.1) is 18.9 Å². The van der Waals surface area contributed by atoms with Crippen LogP contribution in [-0.4, -0.2) is 38.3 Å². The first-order chi connectivity index (χ1) is 8.68. The summed E-state index contributed by atoms with van der Waals surface area (Å²) >= 11 is 0. The van der Waals surface area contributed by atoms with E-state index in [2.05, 4.69) is 5.32 Å². The predicted molar refractivity (Wildman–Crippen MR) is 66.0 cm³/mol. The third-order valence-electron chi connectivity index (χ3n) is 3.27. The van der Waals surface area contributed by atoms with Gasteiger partial charge in [0.15, 0.2) is 6.04 Å². The van der Waals surface area contributed by atoms with E-state index in [0.717, 1.165) is 13.1 Å². The van der Waals surface area contributed by atoms with Crippen molar-refractivity contribution in [3.8, 4) is 0 Å². The van der Waals surface area contributed by atoms with Crippen molar-refractivity contribution in [2.24, 2.45) is 0 Å². The minimum atomic E-state index is -0.407. The van der Waals surface area contributed by atoms with Gasteiger partial charge in [-0.05, 0) is 19.1 Å². The van der Waals surface area contributed by atoms with Crippen LogP contribution in [0.15, 0.2) is 24.3 Å². The summed E-state index contributed by atoms with van der Waals surface area (Å²) in [5, 5.41) is 2.63. The lowest BCUT2D eigenvalue weighted by Gasteiger charge is -2.28. The van der Waals surface area contributed by atoms with Gasteiger partial charge in [0, 0.05) is 0 Å². The first-order valence-electron chi connectivity index (χ1n) is 6.16. The van der Waals surface area contributed by atoms with Gasteiger partial charge in [-0.25, -0.2) is 4.39 Å². The molecule has 0 unspecified atom stereocenters. The molecule has 1 atom stereocenters. The van der Waals surface area contributed by atoms with Gasteiger partial charge in [0.1, 0.15) is 18.9 Å². The van der Waals surface area contributed by atoms with E-state index >= 15 is 0 Å². The molecule has 18 heavy (non-hydrogen) atoms. The van der Waals surface area contributed by atoms with Gasteiger partial charge >= 0.3 is 0 Å². The normalized spacial score (nSPS) is 18.3. The molecule has 2 rings (SSSR count). The van der Waals surface area contributed by atoms with Gasteiger partial charge in [-0.15, -0.1) is 0 Å². The largest absolute Gasteiger partial charge is 0.370 e. The molecule has 2 N–H and O–H groups in total. The van der Waals surface area contributed by atoms with Crippen molar-refractivity contribution in [1.29, 1.82) is 0 Å². The van der Waals surface area contributed by atoms with E-state index < -0.39 is 5.82 Å². The molecule has 1 heterocycles. The SMILES string of the molecule is C[C@@H](C(=O)Nc1ccccc1F)[NH+]1CCOCC1. The van der Waals surface area contributed by atoms with Crippen LogP contribution in [0.3, 0.4) is 0 Å². The molecule has 1 aromatic carbocycles. The molecule has 0 bridgehead atoms.